The van der Waals surface area contributed by atoms with Crippen molar-refractivity contribution in [2.75, 3.05) is 30.3 Å². The van der Waals surface area contributed by atoms with Gasteiger partial charge in [0.2, 0.25) is 21.8 Å². The van der Waals surface area contributed by atoms with Gasteiger partial charge in [-0.05, 0) is 48.7 Å². The van der Waals surface area contributed by atoms with Crippen LogP contribution in [0.25, 0.3) is 0 Å². The summed E-state index contributed by atoms with van der Waals surface area (Å²) in [4.78, 5) is 29.2. The Bertz CT molecular complexity index is 1480. The van der Waals surface area contributed by atoms with Gasteiger partial charge in [0.05, 0.1) is 11.9 Å². The number of rotatable bonds is 12. The SMILES string of the molecule is CCC(C)NC(=O)C(Cc1ccccc1)N(Cc1ccc(F)cc1)C(=O)CN(c1ccc2c(c1)OCCO2)S(C)(=O)=O. The smallest absolute Gasteiger partial charge is 0.244 e. The highest BCUT2D eigenvalue weighted by molar-refractivity contribution is 7.92. The third-order valence-electron chi connectivity index (χ3n) is 7.03. The second kappa shape index (κ2) is 13.7. The van der Waals surface area contributed by atoms with E-state index in [9.17, 15) is 22.4 Å². The number of halogens is 1. The molecule has 2 amide bonds. The first-order chi connectivity index (χ1) is 20.0. The van der Waals surface area contributed by atoms with Gasteiger partial charge in [0.15, 0.2) is 11.5 Å². The molecule has 0 bridgehead atoms. The lowest BCUT2D eigenvalue weighted by atomic mass is 10.0. The van der Waals surface area contributed by atoms with Crippen molar-refractivity contribution < 1.29 is 31.9 Å². The first-order valence-electron chi connectivity index (χ1n) is 13.8. The van der Waals surface area contributed by atoms with Crippen LogP contribution in [0.5, 0.6) is 11.5 Å². The number of nitrogens with zero attached hydrogens (tertiary/aromatic N) is 2. The van der Waals surface area contributed by atoms with E-state index in [0.29, 0.717) is 36.7 Å². The van der Waals surface area contributed by atoms with Crippen LogP contribution in [0.3, 0.4) is 0 Å². The minimum atomic E-state index is -3.94. The standard InChI is InChI=1S/C31H36FN3O6S/c1-4-22(2)33-31(37)27(18-23-8-6-5-7-9-23)34(20-24-10-12-25(32)13-11-24)30(36)21-35(42(3,38)39)26-14-15-28-29(19-26)41-17-16-40-28/h5-15,19,22,27H,4,16-18,20-21H2,1-3H3,(H,33,37). The first-order valence-corrected chi connectivity index (χ1v) is 15.7. The van der Waals surface area contributed by atoms with Gasteiger partial charge in [-0.25, -0.2) is 12.8 Å². The third kappa shape index (κ3) is 8.00. The molecule has 4 rings (SSSR count). The Morgan fingerprint density at radius 3 is 2.26 bits per heavy atom. The number of fused-ring (bicyclic) bond motifs is 1. The summed E-state index contributed by atoms with van der Waals surface area (Å²) in [5.41, 5.74) is 1.63. The van der Waals surface area contributed by atoms with Crippen molar-refractivity contribution in [3.63, 3.8) is 0 Å². The van der Waals surface area contributed by atoms with E-state index in [1.54, 1.807) is 12.1 Å². The summed E-state index contributed by atoms with van der Waals surface area (Å²) >= 11 is 0. The van der Waals surface area contributed by atoms with E-state index in [-0.39, 0.29) is 30.6 Å². The molecule has 0 spiro atoms. The van der Waals surface area contributed by atoms with Gasteiger partial charge in [-0.15, -0.1) is 0 Å². The molecule has 1 aliphatic heterocycles. The van der Waals surface area contributed by atoms with Crippen LogP contribution in [-0.4, -0.2) is 63.2 Å². The van der Waals surface area contributed by atoms with Crippen molar-refractivity contribution in [1.29, 1.82) is 0 Å². The monoisotopic (exact) mass is 597 g/mol. The second-order valence-corrected chi connectivity index (χ2v) is 12.2. The van der Waals surface area contributed by atoms with Crippen molar-refractivity contribution in [2.45, 2.75) is 45.3 Å². The number of amides is 2. The maximum atomic E-state index is 14.1. The third-order valence-corrected chi connectivity index (χ3v) is 8.17. The second-order valence-electron chi connectivity index (χ2n) is 10.3. The molecule has 0 saturated heterocycles. The van der Waals surface area contributed by atoms with E-state index in [1.807, 2.05) is 44.2 Å². The lowest BCUT2D eigenvalue weighted by molar-refractivity contribution is -0.140. The molecule has 0 radical (unpaired) electrons. The zero-order valence-corrected chi connectivity index (χ0v) is 24.8. The molecule has 2 unspecified atom stereocenters. The number of anilines is 1. The van der Waals surface area contributed by atoms with Crippen molar-refractivity contribution in [3.8, 4) is 11.5 Å². The molecule has 2 atom stereocenters. The molecule has 3 aromatic rings. The van der Waals surface area contributed by atoms with Gasteiger partial charge in [0.25, 0.3) is 0 Å². The Kier molecular flexibility index (Phi) is 10.1. The van der Waals surface area contributed by atoms with Gasteiger partial charge in [0, 0.05) is 25.1 Å². The molecule has 0 aromatic heterocycles. The lowest BCUT2D eigenvalue weighted by Crippen LogP contribution is -2.54. The molecule has 42 heavy (non-hydrogen) atoms. The highest BCUT2D eigenvalue weighted by Gasteiger charge is 2.33. The van der Waals surface area contributed by atoms with Gasteiger partial charge in [-0.3, -0.25) is 13.9 Å². The Hall–Kier alpha value is -4.12. The van der Waals surface area contributed by atoms with Crippen LogP contribution in [0.1, 0.15) is 31.4 Å². The van der Waals surface area contributed by atoms with Crippen molar-refractivity contribution >= 4 is 27.5 Å². The van der Waals surface area contributed by atoms with Crippen LogP contribution in [0.15, 0.2) is 72.8 Å². The Labute approximate surface area is 246 Å². The maximum absolute atomic E-state index is 14.1. The van der Waals surface area contributed by atoms with Crippen LogP contribution in [0, 0.1) is 5.82 Å². The van der Waals surface area contributed by atoms with Crippen LogP contribution in [0.2, 0.25) is 0 Å². The van der Waals surface area contributed by atoms with Crippen molar-refractivity contribution in [1.82, 2.24) is 10.2 Å². The Morgan fingerprint density at radius 2 is 1.62 bits per heavy atom. The highest BCUT2D eigenvalue weighted by Crippen LogP contribution is 2.34. The number of carbonyl (C=O) groups is 2. The fourth-order valence-electron chi connectivity index (χ4n) is 4.58. The van der Waals surface area contributed by atoms with Crippen LogP contribution in [0.4, 0.5) is 10.1 Å². The van der Waals surface area contributed by atoms with Gasteiger partial charge in [-0.1, -0.05) is 49.4 Å². The first kappa shape index (κ1) is 30.8. The topological polar surface area (TPSA) is 105 Å². The van der Waals surface area contributed by atoms with Gasteiger partial charge < -0.3 is 19.7 Å². The maximum Gasteiger partial charge on any atom is 0.244 e. The number of ether oxygens (including phenoxy) is 2. The molecule has 0 saturated carbocycles. The molecule has 3 aromatic carbocycles. The minimum Gasteiger partial charge on any atom is -0.486 e. The molecule has 9 nitrogen and oxygen atoms in total. The lowest BCUT2D eigenvalue weighted by Gasteiger charge is -2.34. The van der Waals surface area contributed by atoms with Gasteiger partial charge >= 0.3 is 0 Å². The van der Waals surface area contributed by atoms with Crippen LogP contribution < -0.4 is 19.1 Å². The summed E-state index contributed by atoms with van der Waals surface area (Å²) in [5, 5.41) is 2.97. The van der Waals surface area contributed by atoms with Crippen molar-refractivity contribution in [2.24, 2.45) is 0 Å². The largest absolute Gasteiger partial charge is 0.486 e. The molecule has 0 fully saturated rings. The van der Waals surface area contributed by atoms with Gasteiger partial charge in [0.1, 0.15) is 31.6 Å². The zero-order chi connectivity index (χ0) is 30.3. The molecule has 1 aliphatic rings. The van der Waals surface area contributed by atoms with E-state index in [2.05, 4.69) is 5.32 Å². The van der Waals surface area contributed by atoms with E-state index >= 15 is 0 Å². The summed E-state index contributed by atoms with van der Waals surface area (Å²) in [5.74, 6) is -0.548. The average Bonchev–Trinajstić information content (AvgIpc) is 2.98. The summed E-state index contributed by atoms with van der Waals surface area (Å²) in [7, 11) is -3.94. The number of hydrogen-bond donors (Lipinski definition) is 1. The number of sulfonamides is 1. The molecule has 224 valence electrons. The summed E-state index contributed by atoms with van der Waals surface area (Å²) in [6.07, 6.45) is 1.89. The highest BCUT2D eigenvalue weighted by atomic mass is 32.2. The fourth-order valence-corrected chi connectivity index (χ4v) is 5.42. The predicted octanol–water partition coefficient (Wildman–Crippen LogP) is 3.92. The van der Waals surface area contributed by atoms with Crippen molar-refractivity contribution in [3.05, 3.63) is 89.7 Å². The molecular weight excluding hydrogens is 561 g/mol. The van der Waals surface area contributed by atoms with E-state index < -0.39 is 34.3 Å². The number of nitrogens with one attached hydrogen (secondary N) is 1. The fraction of sp³-hybridized carbons (Fsp3) is 0.355. The number of hydrogen-bond acceptors (Lipinski definition) is 6. The Balaban J connectivity index is 1.73. The summed E-state index contributed by atoms with van der Waals surface area (Å²) < 4.78 is 51.9. The van der Waals surface area contributed by atoms with Crippen LogP contribution in [-0.2, 0) is 32.6 Å². The zero-order valence-electron chi connectivity index (χ0n) is 24.0. The Morgan fingerprint density at radius 1 is 0.952 bits per heavy atom. The normalized spacial score (nSPS) is 14.0. The minimum absolute atomic E-state index is 0.0384. The molecule has 1 heterocycles. The quantitative estimate of drug-likeness (QED) is 0.340. The van der Waals surface area contributed by atoms with E-state index in [4.69, 9.17) is 9.47 Å². The summed E-state index contributed by atoms with van der Waals surface area (Å²) in [6.45, 7) is 3.89. The molecule has 0 aliphatic carbocycles. The number of benzene rings is 3. The number of carbonyl (C=O) groups excluding carboxylic acids is 2. The van der Waals surface area contributed by atoms with E-state index in [1.165, 1.54) is 35.2 Å². The van der Waals surface area contributed by atoms with E-state index in [0.717, 1.165) is 16.1 Å². The molecule has 1 N–H and O–H groups in total. The predicted molar refractivity (Wildman–Crippen MR) is 158 cm³/mol. The summed E-state index contributed by atoms with van der Waals surface area (Å²) in [6, 6.07) is 18.5. The van der Waals surface area contributed by atoms with Crippen LogP contribution >= 0.6 is 0 Å². The average molecular weight is 598 g/mol. The molecule has 11 heteroatoms. The molecular formula is C31H36FN3O6S. The van der Waals surface area contributed by atoms with Gasteiger partial charge in [-0.2, -0.15) is 0 Å².